The summed E-state index contributed by atoms with van der Waals surface area (Å²) in [4.78, 5) is 10.9. The van der Waals surface area contributed by atoms with Gasteiger partial charge in [-0.25, -0.2) is 4.79 Å². The number of carboxylic acid groups (broad SMARTS) is 1. The van der Waals surface area contributed by atoms with Crippen molar-refractivity contribution in [3.63, 3.8) is 0 Å². The van der Waals surface area contributed by atoms with Gasteiger partial charge in [0.2, 0.25) is 0 Å². The number of benzene rings is 1. The Labute approximate surface area is 80.7 Å². The molecule has 0 saturated heterocycles. The van der Waals surface area contributed by atoms with E-state index < -0.39 is 5.97 Å². The summed E-state index contributed by atoms with van der Waals surface area (Å²) in [7, 11) is 1.69. The van der Waals surface area contributed by atoms with Gasteiger partial charge >= 0.3 is 5.97 Å². The maximum Gasteiger partial charge on any atom is 0.354 e. The van der Waals surface area contributed by atoms with Crippen LogP contribution >= 0.6 is 0 Å². The third-order valence-corrected chi connectivity index (χ3v) is 2.15. The topological polar surface area (TPSA) is 54.3 Å². The van der Waals surface area contributed by atoms with Gasteiger partial charge in [-0.05, 0) is 12.1 Å². The molecule has 0 radical (unpaired) electrons. The molecular weight excluding hydrogens is 180 g/mol. The number of aromatic nitrogens is 1. The fraction of sp³-hybridized carbons (Fsp3) is 0.100. The van der Waals surface area contributed by atoms with Gasteiger partial charge in [0.25, 0.3) is 0 Å². The van der Waals surface area contributed by atoms with Crippen LogP contribution in [0.1, 0.15) is 10.5 Å². The number of aromatic carboxylic acids is 1. The van der Waals surface area contributed by atoms with Crippen molar-refractivity contribution in [2.75, 3.05) is 12.5 Å². The zero-order chi connectivity index (χ0) is 10.1. The molecule has 0 aliphatic heterocycles. The monoisotopic (exact) mass is 190 g/mol. The third kappa shape index (κ3) is 1.12. The van der Waals surface area contributed by atoms with Gasteiger partial charge in [0.1, 0.15) is 5.69 Å². The van der Waals surface area contributed by atoms with Crippen molar-refractivity contribution >= 4 is 16.9 Å². The Morgan fingerprint density at radius 2 is 2.14 bits per heavy atom. The summed E-state index contributed by atoms with van der Waals surface area (Å²) < 4.78 is 1.55. The van der Waals surface area contributed by atoms with E-state index in [0.717, 1.165) is 10.9 Å². The summed E-state index contributed by atoms with van der Waals surface area (Å²) in [6, 6.07) is 9.16. The molecule has 0 fully saturated rings. The van der Waals surface area contributed by atoms with E-state index in [-0.39, 0.29) is 5.69 Å². The van der Waals surface area contributed by atoms with E-state index in [1.165, 1.54) is 0 Å². The summed E-state index contributed by atoms with van der Waals surface area (Å²) >= 11 is 0. The maximum atomic E-state index is 10.9. The maximum absolute atomic E-state index is 10.9. The molecule has 1 aromatic carbocycles. The third-order valence-electron chi connectivity index (χ3n) is 2.15. The standard InChI is InChI=1S/C10H10N2O2/c1-11-12-8-5-3-2-4-7(8)6-9(12)10(13)14/h2-6,11H,1H3,(H,13,14). The minimum atomic E-state index is -0.935. The molecule has 1 aromatic heterocycles. The fourth-order valence-electron chi connectivity index (χ4n) is 1.55. The lowest BCUT2D eigenvalue weighted by molar-refractivity contribution is 0.0687. The molecule has 0 amide bonds. The van der Waals surface area contributed by atoms with Crippen molar-refractivity contribution in [2.24, 2.45) is 0 Å². The molecule has 2 aromatic rings. The first-order valence-electron chi connectivity index (χ1n) is 4.25. The molecular formula is C10H10N2O2. The highest BCUT2D eigenvalue weighted by atomic mass is 16.4. The molecule has 0 aliphatic rings. The van der Waals surface area contributed by atoms with Crippen molar-refractivity contribution in [3.05, 3.63) is 36.0 Å². The zero-order valence-corrected chi connectivity index (χ0v) is 7.69. The van der Waals surface area contributed by atoms with Gasteiger partial charge in [-0.15, -0.1) is 0 Å². The number of para-hydroxylation sites is 1. The molecule has 0 spiro atoms. The van der Waals surface area contributed by atoms with Gasteiger partial charge in [0, 0.05) is 12.4 Å². The second kappa shape index (κ2) is 3.06. The Bertz CT molecular complexity index is 488. The summed E-state index contributed by atoms with van der Waals surface area (Å²) in [5.41, 5.74) is 3.95. The van der Waals surface area contributed by atoms with Crippen LogP contribution in [0.15, 0.2) is 30.3 Å². The van der Waals surface area contributed by atoms with E-state index in [9.17, 15) is 4.79 Å². The molecule has 0 bridgehead atoms. The predicted octanol–water partition coefficient (Wildman–Crippen LogP) is 1.51. The average molecular weight is 190 g/mol. The lowest BCUT2D eigenvalue weighted by Crippen LogP contribution is -2.15. The number of nitrogens with zero attached hydrogens (tertiary/aromatic N) is 1. The minimum absolute atomic E-state index is 0.244. The highest BCUT2D eigenvalue weighted by Crippen LogP contribution is 2.17. The van der Waals surface area contributed by atoms with Gasteiger partial charge < -0.3 is 10.5 Å². The first-order valence-corrected chi connectivity index (χ1v) is 4.25. The lowest BCUT2D eigenvalue weighted by Gasteiger charge is -2.05. The van der Waals surface area contributed by atoms with E-state index in [1.807, 2.05) is 24.3 Å². The number of fused-ring (bicyclic) bond motifs is 1. The molecule has 0 atom stereocenters. The van der Waals surface area contributed by atoms with E-state index in [2.05, 4.69) is 5.43 Å². The van der Waals surface area contributed by atoms with Gasteiger partial charge in [-0.3, -0.25) is 4.68 Å². The van der Waals surface area contributed by atoms with Crippen LogP contribution in [-0.4, -0.2) is 22.8 Å². The fourth-order valence-corrected chi connectivity index (χ4v) is 1.55. The number of hydrogen-bond acceptors (Lipinski definition) is 2. The van der Waals surface area contributed by atoms with Crippen molar-refractivity contribution in [3.8, 4) is 0 Å². The van der Waals surface area contributed by atoms with Crippen molar-refractivity contribution in [1.29, 1.82) is 0 Å². The van der Waals surface area contributed by atoms with Crippen LogP contribution < -0.4 is 5.43 Å². The van der Waals surface area contributed by atoms with E-state index in [0.29, 0.717) is 0 Å². The Kier molecular flexibility index (Phi) is 1.89. The van der Waals surface area contributed by atoms with Gasteiger partial charge in [-0.2, -0.15) is 0 Å². The van der Waals surface area contributed by atoms with Gasteiger partial charge in [-0.1, -0.05) is 18.2 Å². The van der Waals surface area contributed by atoms with Crippen molar-refractivity contribution in [1.82, 2.24) is 4.68 Å². The van der Waals surface area contributed by atoms with E-state index in [1.54, 1.807) is 17.8 Å². The summed E-state index contributed by atoms with van der Waals surface area (Å²) in [5.74, 6) is -0.935. The number of nitrogens with one attached hydrogen (secondary N) is 1. The molecule has 4 heteroatoms. The van der Waals surface area contributed by atoms with Crippen LogP contribution in [0, 0.1) is 0 Å². The Hall–Kier alpha value is -1.97. The van der Waals surface area contributed by atoms with E-state index >= 15 is 0 Å². The second-order valence-corrected chi connectivity index (χ2v) is 2.95. The first-order chi connectivity index (χ1) is 6.74. The van der Waals surface area contributed by atoms with Crippen LogP contribution in [0.2, 0.25) is 0 Å². The minimum Gasteiger partial charge on any atom is -0.477 e. The van der Waals surface area contributed by atoms with Crippen LogP contribution in [0.25, 0.3) is 10.9 Å². The van der Waals surface area contributed by atoms with Gasteiger partial charge in [0.15, 0.2) is 0 Å². The normalized spacial score (nSPS) is 10.4. The average Bonchev–Trinajstić information content (AvgIpc) is 2.56. The molecule has 1 heterocycles. The Morgan fingerprint density at radius 3 is 2.79 bits per heavy atom. The molecule has 0 aliphatic carbocycles. The van der Waals surface area contributed by atoms with E-state index in [4.69, 9.17) is 5.11 Å². The molecule has 72 valence electrons. The Balaban J connectivity index is 2.78. The SMILES string of the molecule is CNn1c(C(=O)O)cc2ccccc21. The summed E-state index contributed by atoms with van der Waals surface area (Å²) in [5, 5.41) is 9.85. The van der Waals surface area contributed by atoms with Crippen LogP contribution in [0.3, 0.4) is 0 Å². The van der Waals surface area contributed by atoms with Crippen LogP contribution in [0.4, 0.5) is 0 Å². The zero-order valence-electron chi connectivity index (χ0n) is 7.69. The highest BCUT2D eigenvalue weighted by Gasteiger charge is 2.12. The number of hydrogen-bond donors (Lipinski definition) is 2. The van der Waals surface area contributed by atoms with Gasteiger partial charge in [0.05, 0.1) is 5.52 Å². The van der Waals surface area contributed by atoms with Crippen molar-refractivity contribution in [2.45, 2.75) is 0 Å². The number of carbonyl (C=O) groups is 1. The predicted molar refractivity (Wildman–Crippen MR) is 54.2 cm³/mol. The molecule has 2 rings (SSSR count). The molecule has 0 saturated carbocycles. The van der Waals surface area contributed by atoms with Crippen molar-refractivity contribution < 1.29 is 9.90 Å². The first kappa shape index (κ1) is 8.62. The summed E-state index contributed by atoms with van der Waals surface area (Å²) in [6.45, 7) is 0. The molecule has 2 N–H and O–H groups in total. The Morgan fingerprint density at radius 1 is 1.43 bits per heavy atom. The molecule has 4 nitrogen and oxygen atoms in total. The highest BCUT2D eigenvalue weighted by molar-refractivity contribution is 5.94. The number of carboxylic acids is 1. The largest absolute Gasteiger partial charge is 0.477 e. The molecule has 0 unspecified atom stereocenters. The van der Waals surface area contributed by atoms with Crippen LogP contribution in [0.5, 0.6) is 0 Å². The second-order valence-electron chi connectivity index (χ2n) is 2.95. The summed E-state index contributed by atoms with van der Waals surface area (Å²) in [6.07, 6.45) is 0. The molecule has 14 heavy (non-hydrogen) atoms. The van der Waals surface area contributed by atoms with Crippen LogP contribution in [-0.2, 0) is 0 Å². The lowest BCUT2D eigenvalue weighted by atomic mass is 10.2. The number of rotatable bonds is 2. The smallest absolute Gasteiger partial charge is 0.354 e. The quantitative estimate of drug-likeness (QED) is 0.754.